The maximum absolute atomic E-state index is 6.31. The Morgan fingerprint density at radius 3 is 2.78 bits per heavy atom. The van der Waals surface area contributed by atoms with Crippen molar-refractivity contribution in [3.05, 3.63) is 48.3 Å². The summed E-state index contributed by atoms with van der Waals surface area (Å²) in [6.45, 7) is 0. The number of benzene rings is 1. The second-order valence-electron chi connectivity index (χ2n) is 4.43. The van der Waals surface area contributed by atoms with Crippen molar-refractivity contribution in [2.75, 3.05) is 0 Å². The van der Waals surface area contributed by atoms with E-state index in [2.05, 4.69) is 42.9 Å². The van der Waals surface area contributed by atoms with Crippen LogP contribution in [0, 0.1) is 0 Å². The molecule has 1 aromatic carbocycles. The Labute approximate surface area is 127 Å². The van der Waals surface area contributed by atoms with Crippen molar-refractivity contribution in [1.82, 2.24) is 4.98 Å². The molecule has 0 saturated heterocycles. The van der Waals surface area contributed by atoms with E-state index in [-0.39, 0.29) is 6.04 Å². The Bertz CT molecular complexity index is 573. The van der Waals surface area contributed by atoms with Crippen LogP contribution in [-0.4, -0.2) is 4.98 Å². The van der Waals surface area contributed by atoms with Crippen molar-refractivity contribution in [2.24, 2.45) is 5.73 Å². The SMILES string of the molecule is NC(c1ccc(Br)c(Br)c1)c1nc2c(s1)CCC2. The summed E-state index contributed by atoms with van der Waals surface area (Å²) in [5, 5.41) is 1.04. The fourth-order valence-electron chi connectivity index (χ4n) is 2.19. The standard InChI is InChI=1S/C13H12Br2N2S/c14-8-5-4-7(6-9(8)15)12(16)13-17-10-2-1-3-11(10)18-13/h4-6,12H,1-3,16H2. The van der Waals surface area contributed by atoms with E-state index < -0.39 is 0 Å². The van der Waals surface area contributed by atoms with Gasteiger partial charge in [0.25, 0.3) is 0 Å². The maximum atomic E-state index is 6.31. The number of nitrogens with two attached hydrogens (primary N) is 1. The molecule has 0 aliphatic heterocycles. The van der Waals surface area contributed by atoms with E-state index >= 15 is 0 Å². The molecule has 2 N–H and O–H groups in total. The van der Waals surface area contributed by atoms with Gasteiger partial charge in [-0.1, -0.05) is 6.07 Å². The molecule has 1 aliphatic carbocycles. The number of aryl methyl sites for hydroxylation is 2. The highest BCUT2D eigenvalue weighted by Crippen LogP contribution is 2.33. The Morgan fingerprint density at radius 2 is 2.06 bits per heavy atom. The fraction of sp³-hybridized carbons (Fsp3) is 0.308. The summed E-state index contributed by atoms with van der Waals surface area (Å²) in [5.41, 5.74) is 8.67. The summed E-state index contributed by atoms with van der Waals surface area (Å²) in [4.78, 5) is 6.11. The molecule has 94 valence electrons. The maximum Gasteiger partial charge on any atom is 0.114 e. The highest BCUT2D eigenvalue weighted by atomic mass is 79.9. The van der Waals surface area contributed by atoms with Crippen LogP contribution in [-0.2, 0) is 12.8 Å². The van der Waals surface area contributed by atoms with Gasteiger partial charge in [0.05, 0.1) is 11.7 Å². The molecule has 0 bridgehead atoms. The van der Waals surface area contributed by atoms with Crippen LogP contribution in [0.25, 0.3) is 0 Å². The third kappa shape index (κ3) is 2.29. The second-order valence-corrected chi connectivity index (χ2v) is 7.25. The lowest BCUT2D eigenvalue weighted by Crippen LogP contribution is -2.11. The van der Waals surface area contributed by atoms with Crippen LogP contribution in [0.1, 0.15) is 33.6 Å². The molecule has 5 heteroatoms. The number of nitrogens with zero attached hydrogens (tertiary/aromatic N) is 1. The van der Waals surface area contributed by atoms with Crippen molar-refractivity contribution < 1.29 is 0 Å². The van der Waals surface area contributed by atoms with E-state index in [0.717, 1.165) is 25.9 Å². The smallest absolute Gasteiger partial charge is 0.114 e. The van der Waals surface area contributed by atoms with Gasteiger partial charge in [0.1, 0.15) is 5.01 Å². The second kappa shape index (κ2) is 5.04. The van der Waals surface area contributed by atoms with E-state index in [1.54, 1.807) is 11.3 Å². The van der Waals surface area contributed by atoms with Crippen molar-refractivity contribution in [1.29, 1.82) is 0 Å². The average molecular weight is 388 g/mol. The molecule has 1 aromatic heterocycles. The van der Waals surface area contributed by atoms with Gasteiger partial charge >= 0.3 is 0 Å². The molecule has 0 saturated carbocycles. The van der Waals surface area contributed by atoms with Gasteiger partial charge in [0.2, 0.25) is 0 Å². The van der Waals surface area contributed by atoms with Crippen LogP contribution in [0.3, 0.4) is 0 Å². The summed E-state index contributed by atoms with van der Waals surface area (Å²) >= 11 is 8.75. The predicted octanol–water partition coefficient (Wildman–Crippen LogP) is 4.20. The Balaban J connectivity index is 1.93. The molecule has 1 atom stereocenters. The Morgan fingerprint density at radius 1 is 1.22 bits per heavy atom. The van der Waals surface area contributed by atoms with Gasteiger partial charge in [-0.15, -0.1) is 11.3 Å². The van der Waals surface area contributed by atoms with Crippen LogP contribution < -0.4 is 5.73 Å². The lowest BCUT2D eigenvalue weighted by Gasteiger charge is -2.10. The first-order valence-electron chi connectivity index (χ1n) is 5.84. The highest BCUT2D eigenvalue weighted by Gasteiger charge is 2.21. The van der Waals surface area contributed by atoms with Crippen molar-refractivity contribution >= 4 is 43.2 Å². The number of halogens is 2. The van der Waals surface area contributed by atoms with Crippen molar-refractivity contribution in [2.45, 2.75) is 25.3 Å². The van der Waals surface area contributed by atoms with E-state index in [4.69, 9.17) is 5.73 Å². The average Bonchev–Trinajstić information content (AvgIpc) is 2.92. The first-order chi connectivity index (χ1) is 8.65. The quantitative estimate of drug-likeness (QED) is 0.838. The number of rotatable bonds is 2. The number of aromatic nitrogens is 1. The third-order valence-electron chi connectivity index (χ3n) is 3.18. The molecular weight excluding hydrogens is 376 g/mol. The van der Waals surface area contributed by atoms with E-state index in [9.17, 15) is 0 Å². The minimum absolute atomic E-state index is 0.120. The van der Waals surface area contributed by atoms with Gasteiger partial charge < -0.3 is 5.73 Å². The zero-order valence-electron chi connectivity index (χ0n) is 9.62. The first-order valence-corrected chi connectivity index (χ1v) is 8.24. The molecular formula is C13H12Br2N2S. The van der Waals surface area contributed by atoms with E-state index in [0.29, 0.717) is 0 Å². The number of thiazole rings is 1. The summed E-state index contributed by atoms with van der Waals surface area (Å²) in [6, 6.07) is 6.00. The third-order valence-corrected chi connectivity index (χ3v) is 6.30. The summed E-state index contributed by atoms with van der Waals surface area (Å²) < 4.78 is 2.07. The van der Waals surface area contributed by atoms with Gasteiger partial charge in [0.15, 0.2) is 0 Å². The molecule has 1 heterocycles. The van der Waals surface area contributed by atoms with Gasteiger partial charge in [-0.05, 0) is 68.8 Å². The molecule has 2 aromatic rings. The van der Waals surface area contributed by atoms with Gasteiger partial charge in [-0.3, -0.25) is 0 Å². The number of hydrogen-bond acceptors (Lipinski definition) is 3. The highest BCUT2D eigenvalue weighted by molar-refractivity contribution is 9.13. The van der Waals surface area contributed by atoms with Crippen LogP contribution in [0.15, 0.2) is 27.1 Å². The molecule has 18 heavy (non-hydrogen) atoms. The van der Waals surface area contributed by atoms with E-state index in [1.165, 1.54) is 23.4 Å². The van der Waals surface area contributed by atoms with Crippen LogP contribution >= 0.6 is 43.2 Å². The van der Waals surface area contributed by atoms with Crippen LogP contribution in [0.4, 0.5) is 0 Å². The summed E-state index contributed by atoms with van der Waals surface area (Å²) in [7, 11) is 0. The monoisotopic (exact) mass is 386 g/mol. The summed E-state index contributed by atoms with van der Waals surface area (Å²) in [5.74, 6) is 0. The molecule has 0 fully saturated rings. The van der Waals surface area contributed by atoms with Gasteiger partial charge in [0, 0.05) is 13.8 Å². The van der Waals surface area contributed by atoms with Crippen LogP contribution in [0.5, 0.6) is 0 Å². The molecule has 2 nitrogen and oxygen atoms in total. The fourth-order valence-corrected chi connectivity index (χ4v) is 4.02. The van der Waals surface area contributed by atoms with Crippen LogP contribution in [0.2, 0.25) is 0 Å². The molecule has 1 unspecified atom stereocenters. The van der Waals surface area contributed by atoms with Crippen molar-refractivity contribution in [3.8, 4) is 0 Å². The first kappa shape index (κ1) is 12.8. The Hall–Kier alpha value is -0.230. The molecule has 0 spiro atoms. The minimum Gasteiger partial charge on any atom is -0.318 e. The lowest BCUT2D eigenvalue weighted by atomic mass is 10.1. The number of fused-ring (bicyclic) bond motifs is 1. The topological polar surface area (TPSA) is 38.9 Å². The van der Waals surface area contributed by atoms with E-state index in [1.807, 2.05) is 12.1 Å². The molecule has 0 amide bonds. The zero-order valence-corrected chi connectivity index (χ0v) is 13.6. The molecule has 3 rings (SSSR count). The minimum atomic E-state index is -0.120. The largest absolute Gasteiger partial charge is 0.318 e. The number of hydrogen-bond donors (Lipinski definition) is 1. The normalized spacial score (nSPS) is 15.7. The van der Waals surface area contributed by atoms with Gasteiger partial charge in [-0.25, -0.2) is 4.98 Å². The molecule has 1 aliphatic rings. The predicted molar refractivity (Wildman–Crippen MR) is 82.0 cm³/mol. The van der Waals surface area contributed by atoms with Crippen molar-refractivity contribution in [3.63, 3.8) is 0 Å². The zero-order chi connectivity index (χ0) is 12.7. The molecule has 0 radical (unpaired) electrons. The van der Waals surface area contributed by atoms with Gasteiger partial charge in [-0.2, -0.15) is 0 Å². The Kier molecular flexibility index (Phi) is 3.58. The lowest BCUT2D eigenvalue weighted by molar-refractivity contribution is 0.833. The summed E-state index contributed by atoms with van der Waals surface area (Å²) in [6.07, 6.45) is 3.53.